The second-order valence-corrected chi connectivity index (χ2v) is 36.6. The molecule has 1 aliphatic heterocycles. The summed E-state index contributed by atoms with van der Waals surface area (Å²) in [7, 11) is -4.18. The molecule has 1 saturated heterocycles. The lowest BCUT2D eigenvalue weighted by Gasteiger charge is -2.44. The first-order chi connectivity index (χ1) is 42.2. The van der Waals surface area contributed by atoms with Crippen LogP contribution < -0.4 is 53.7 Å². The third kappa shape index (κ3) is 22.6. The zero-order chi connectivity index (χ0) is 68.6. The Morgan fingerprint density at radius 2 is 1.37 bits per heavy atom. The third-order valence-corrected chi connectivity index (χ3v) is 25.1. The maximum absolute atomic E-state index is 14.8. The van der Waals surface area contributed by atoms with Gasteiger partial charge in [-0.3, -0.25) is 28.3 Å². The Balaban J connectivity index is 1.63. The Kier molecular flexibility index (Phi) is 27.7. The molecule has 4 rings (SSSR count). The molecule has 1 fully saturated rings. The molecule has 91 heavy (non-hydrogen) atoms. The van der Waals surface area contributed by atoms with Crippen molar-refractivity contribution in [3.05, 3.63) is 109 Å². The maximum Gasteiger partial charge on any atom is 0.333 e. The van der Waals surface area contributed by atoms with Crippen LogP contribution in [0.15, 0.2) is 81.4 Å². The van der Waals surface area contributed by atoms with Crippen LogP contribution in [0.25, 0.3) is 0 Å². The number of nitrogens with one attached hydrogen (secondary N) is 6. The van der Waals surface area contributed by atoms with Gasteiger partial charge in [0, 0.05) is 25.4 Å². The van der Waals surface area contributed by atoms with Crippen molar-refractivity contribution in [2.45, 2.75) is 218 Å². The standard InChI is InChI=1S/C61H99N11O17Si2/c1-37(2)44(54(78)85-36-40-23-19-18-20-24-40)68-57(80)66-42(25-21-31-65-56(62)69-72(82)83)51(76)67-45(38(3)73)52(77)64-33-22-32-63-46(55(79)87-59(4,5)6)47(75)48-49(88-90(14,15)60(7,8)9)50(89-91(16,17)61(10,11)12)53(86-48)70-34-30-43(74)71(58(70)81)35-39-26-28-41(84-13)29-27-39/h18-20,23-24,26-30,34,37-38,42,44-50,53,63,73,75H,21-22,25,31-33,35-36H2,1-17H3,(H,64,77)(H,67,76)(H3,62,65,69)(H2,66,68,80). The van der Waals surface area contributed by atoms with Crippen LogP contribution in [-0.2, 0) is 55.4 Å². The molecule has 28 nitrogen and oxygen atoms in total. The topological polar surface area (TPSA) is 379 Å². The number of guanidine groups is 1. The summed E-state index contributed by atoms with van der Waals surface area (Å²) in [5.41, 5.74) is 6.27. The zero-order valence-electron chi connectivity index (χ0n) is 55.7. The highest BCUT2D eigenvalue weighted by Gasteiger charge is 2.58. The summed E-state index contributed by atoms with van der Waals surface area (Å²) in [4.78, 5) is 112. The largest absolute Gasteiger partial charge is 0.497 e. The second kappa shape index (κ2) is 33.0. The molecule has 1 aliphatic rings. The molecule has 2 aromatic carbocycles. The first-order valence-electron chi connectivity index (χ1n) is 30.5. The lowest BCUT2D eigenvalue weighted by atomic mass is 9.99. The molecular formula is C61H99N11O17Si2. The van der Waals surface area contributed by atoms with E-state index in [0.717, 1.165) is 4.57 Å². The molecule has 0 spiro atoms. The van der Waals surface area contributed by atoms with Gasteiger partial charge in [0.2, 0.25) is 11.8 Å². The highest BCUT2D eigenvalue weighted by molar-refractivity contribution is 6.74. The van der Waals surface area contributed by atoms with Crippen LogP contribution in [0.3, 0.4) is 0 Å². The molecule has 4 amide bonds. The second-order valence-electron chi connectivity index (χ2n) is 27.0. The minimum atomic E-state index is -2.87. The number of hydrazine groups is 1. The molecule has 0 aliphatic carbocycles. The first-order valence-corrected chi connectivity index (χ1v) is 36.3. The maximum atomic E-state index is 14.8. The van der Waals surface area contributed by atoms with Crippen molar-refractivity contribution in [3.63, 3.8) is 0 Å². The van der Waals surface area contributed by atoms with Crippen LogP contribution in [0.1, 0.15) is 120 Å². The fourth-order valence-corrected chi connectivity index (χ4v) is 11.6. The Morgan fingerprint density at radius 1 is 0.769 bits per heavy atom. The molecule has 10 unspecified atom stereocenters. The number of hydrogen-bond donors (Lipinski definition) is 9. The summed E-state index contributed by atoms with van der Waals surface area (Å²) in [5.74, 6) is -3.77. The molecule has 10 atom stereocenters. The number of nitrogens with zero attached hydrogens (tertiary/aromatic N) is 4. The van der Waals surface area contributed by atoms with E-state index in [1.807, 2.05) is 67.7 Å². The Morgan fingerprint density at radius 3 is 1.92 bits per heavy atom. The summed E-state index contributed by atoms with van der Waals surface area (Å²) in [6.45, 7) is 29.5. The van der Waals surface area contributed by atoms with E-state index < -0.39 is 151 Å². The number of rotatable bonds is 31. The van der Waals surface area contributed by atoms with Crippen LogP contribution in [0.4, 0.5) is 4.79 Å². The number of aliphatic imine (C=N–C) groups is 1. The molecule has 3 aromatic rings. The minimum absolute atomic E-state index is 0.0220. The predicted octanol–water partition coefficient (Wildman–Crippen LogP) is 4.09. The van der Waals surface area contributed by atoms with Gasteiger partial charge in [0.15, 0.2) is 27.9 Å². The molecule has 1 aromatic heterocycles. The summed E-state index contributed by atoms with van der Waals surface area (Å²) in [5, 5.41) is 46.3. The van der Waals surface area contributed by atoms with Gasteiger partial charge in [-0.05, 0) is 119 Å². The van der Waals surface area contributed by atoms with Gasteiger partial charge in [0.05, 0.1) is 19.8 Å². The monoisotopic (exact) mass is 1310 g/mol. The lowest BCUT2D eigenvalue weighted by Crippen LogP contribution is -2.59. The number of aliphatic hydroxyl groups is 2. The molecule has 0 bridgehead atoms. The average Bonchev–Trinajstić information content (AvgIpc) is 1.62. The van der Waals surface area contributed by atoms with Crippen molar-refractivity contribution < 1.29 is 67.0 Å². The van der Waals surface area contributed by atoms with Crippen LogP contribution in [-0.4, -0.2) is 164 Å². The van der Waals surface area contributed by atoms with Gasteiger partial charge in [-0.25, -0.2) is 29.5 Å². The van der Waals surface area contributed by atoms with Gasteiger partial charge in [-0.1, -0.05) is 103 Å². The van der Waals surface area contributed by atoms with Crippen molar-refractivity contribution in [2.75, 3.05) is 26.7 Å². The predicted molar refractivity (Wildman–Crippen MR) is 346 cm³/mol. The smallest absolute Gasteiger partial charge is 0.333 e. The van der Waals surface area contributed by atoms with Crippen molar-refractivity contribution in [2.24, 2.45) is 16.6 Å². The number of methoxy groups -OCH3 is 1. The number of aromatic nitrogens is 2. The van der Waals surface area contributed by atoms with E-state index in [2.05, 4.69) is 31.6 Å². The van der Waals surface area contributed by atoms with Gasteiger partial charge in [0.25, 0.3) is 11.5 Å². The number of carbonyl (C=O) groups excluding carboxylic acids is 5. The minimum Gasteiger partial charge on any atom is -0.497 e. The summed E-state index contributed by atoms with van der Waals surface area (Å²) < 4.78 is 40.4. The summed E-state index contributed by atoms with van der Waals surface area (Å²) in [6, 6.07) is 10.4. The normalized spacial score (nSPS) is 18.6. The average molecular weight is 1310 g/mol. The number of nitrogens with two attached hydrogens (primary N) is 1. The molecule has 0 saturated carbocycles. The highest BCUT2D eigenvalue weighted by atomic mass is 28.4. The first kappa shape index (κ1) is 76.4. The van der Waals surface area contributed by atoms with Gasteiger partial charge >= 0.3 is 23.7 Å². The number of hydrogen-bond acceptors (Lipinski definition) is 19. The Labute approximate surface area is 534 Å². The van der Waals surface area contributed by atoms with E-state index in [1.165, 1.54) is 30.9 Å². The quantitative estimate of drug-likeness (QED) is 0.00833. The number of ether oxygens (including phenoxy) is 4. The molecule has 30 heteroatoms. The molecular weight excluding hydrogens is 1210 g/mol. The summed E-state index contributed by atoms with van der Waals surface area (Å²) >= 11 is 0. The van der Waals surface area contributed by atoms with Crippen LogP contribution >= 0.6 is 0 Å². The Hall–Kier alpha value is -7.07. The number of esters is 2. The van der Waals surface area contributed by atoms with E-state index in [1.54, 1.807) is 94.6 Å². The Bertz CT molecular complexity index is 3070. The van der Waals surface area contributed by atoms with Crippen LogP contribution in [0.2, 0.25) is 36.3 Å². The lowest BCUT2D eigenvalue weighted by molar-refractivity contribution is -0.525. The SMILES string of the molecule is COc1ccc(Cn2c(=O)ccn(C3OC(C(O)C(NCCCNC(=O)C(NC(=O)C(CCCN=C(N)N[N+](=O)[O-])NC(=O)NC(C(=O)OCc4ccccc4)C(C)C)C(C)O)C(=O)OC(C)(C)C)C(O[Si](C)(C)C(C)(C)C)C3O[Si](C)(C)C(C)(C)C)c2=O)cc1. The molecule has 508 valence electrons. The molecule has 0 radical (unpaired) electrons. The number of aliphatic hydroxyl groups excluding tert-OH is 2. The van der Waals surface area contributed by atoms with E-state index in [0.29, 0.717) is 16.9 Å². The van der Waals surface area contributed by atoms with Crippen LogP contribution in [0, 0.1) is 16.0 Å². The van der Waals surface area contributed by atoms with Gasteiger partial charge < -0.3 is 70.3 Å². The number of carbonyl (C=O) groups is 5. The van der Waals surface area contributed by atoms with E-state index in [4.69, 9.17) is 33.5 Å². The van der Waals surface area contributed by atoms with Crippen molar-refractivity contribution in [1.82, 2.24) is 41.1 Å². The fraction of sp³-hybridized carbons (Fsp3) is 0.639. The summed E-state index contributed by atoms with van der Waals surface area (Å²) in [6.07, 6.45) is -6.90. The number of amides is 4. The fourth-order valence-electron chi connectivity index (χ4n) is 9.02. The van der Waals surface area contributed by atoms with Crippen molar-refractivity contribution in [1.29, 1.82) is 0 Å². The number of urea groups is 1. The van der Waals surface area contributed by atoms with E-state index in [-0.39, 0.29) is 52.0 Å². The highest BCUT2D eigenvalue weighted by Crippen LogP contribution is 2.46. The van der Waals surface area contributed by atoms with Crippen molar-refractivity contribution in [3.8, 4) is 5.75 Å². The third-order valence-electron chi connectivity index (χ3n) is 16.2. The van der Waals surface area contributed by atoms with E-state index in [9.17, 15) is 53.9 Å². The van der Waals surface area contributed by atoms with E-state index >= 15 is 0 Å². The van der Waals surface area contributed by atoms with Gasteiger partial charge in [-0.2, -0.15) is 0 Å². The van der Waals surface area contributed by atoms with Crippen molar-refractivity contribution >= 4 is 52.4 Å². The zero-order valence-corrected chi connectivity index (χ0v) is 57.7. The molecule has 10 N–H and O–H groups in total. The molecule has 2 heterocycles. The van der Waals surface area contributed by atoms with Gasteiger partial charge in [0.1, 0.15) is 66.5 Å². The number of benzene rings is 2. The van der Waals surface area contributed by atoms with Gasteiger partial charge in [-0.15, -0.1) is 0 Å². The van der Waals surface area contributed by atoms with Crippen LogP contribution in [0.5, 0.6) is 5.75 Å². The number of nitro groups is 1.